The van der Waals surface area contributed by atoms with Gasteiger partial charge in [-0.15, -0.1) is 5.10 Å². The van der Waals surface area contributed by atoms with Gasteiger partial charge in [-0.1, -0.05) is 48.5 Å². The lowest BCUT2D eigenvalue weighted by Gasteiger charge is -2.15. The van der Waals surface area contributed by atoms with Gasteiger partial charge in [0.2, 0.25) is 0 Å². The maximum Gasteiger partial charge on any atom is 0.276 e. The third-order valence-corrected chi connectivity index (χ3v) is 3.31. The van der Waals surface area contributed by atoms with E-state index in [0.29, 0.717) is 12.2 Å². The first-order valence-corrected chi connectivity index (χ1v) is 7.01. The number of rotatable bonds is 4. The number of carbonyl (C=O) groups excluding carboxylic acids is 1. The lowest BCUT2D eigenvalue weighted by atomic mass is 10.2. The first kappa shape index (κ1) is 14.0. The Morgan fingerprint density at radius 3 is 2.36 bits per heavy atom. The van der Waals surface area contributed by atoms with Crippen LogP contribution in [0.4, 0.5) is 0 Å². The molecule has 22 heavy (non-hydrogen) atoms. The van der Waals surface area contributed by atoms with Crippen LogP contribution in [0, 0.1) is 0 Å². The molecule has 1 aromatic heterocycles. The molecule has 0 N–H and O–H groups in total. The second kappa shape index (κ2) is 6.22. The molecule has 0 saturated carbocycles. The number of nitrogens with zero attached hydrogens (tertiary/aromatic N) is 4. The lowest BCUT2D eigenvalue weighted by Crippen LogP contribution is -2.26. The normalized spacial score (nSPS) is 10.4. The predicted octanol–water partition coefficient (Wildman–Crippen LogP) is 2.54. The smallest absolute Gasteiger partial charge is 0.276 e. The molecule has 0 atom stereocenters. The van der Waals surface area contributed by atoms with Crippen molar-refractivity contribution in [2.75, 3.05) is 7.05 Å². The zero-order chi connectivity index (χ0) is 15.4. The van der Waals surface area contributed by atoms with E-state index in [4.69, 9.17) is 0 Å². The summed E-state index contributed by atoms with van der Waals surface area (Å²) in [5, 5.41) is 8.41. The first-order chi connectivity index (χ1) is 10.7. The standard InChI is InChI=1S/C17H16N4O/c1-20(13-14-8-4-2-5-9-14)17(22)16-12-18-21(19-16)15-10-6-3-7-11-15/h2-12H,13H2,1H3. The monoisotopic (exact) mass is 292 g/mol. The van der Waals surface area contributed by atoms with E-state index in [-0.39, 0.29) is 5.91 Å². The molecule has 0 aliphatic carbocycles. The van der Waals surface area contributed by atoms with E-state index < -0.39 is 0 Å². The molecule has 3 rings (SSSR count). The van der Waals surface area contributed by atoms with Gasteiger partial charge in [0, 0.05) is 13.6 Å². The Balaban J connectivity index is 1.74. The van der Waals surface area contributed by atoms with Crippen molar-refractivity contribution in [1.82, 2.24) is 19.9 Å². The van der Waals surface area contributed by atoms with Crippen molar-refractivity contribution in [3.63, 3.8) is 0 Å². The molecule has 0 aliphatic rings. The van der Waals surface area contributed by atoms with Gasteiger partial charge in [-0.05, 0) is 17.7 Å². The van der Waals surface area contributed by atoms with Crippen molar-refractivity contribution in [3.8, 4) is 5.69 Å². The van der Waals surface area contributed by atoms with Crippen LogP contribution in [0.15, 0.2) is 66.9 Å². The fourth-order valence-corrected chi connectivity index (χ4v) is 2.17. The molecule has 0 fully saturated rings. The minimum atomic E-state index is -0.147. The van der Waals surface area contributed by atoms with E-state index in [1.807, 2.05) is 60.7 Å². The summed E-state index contributed by atoms with van der Waals surface area (Å²) in [5.74, 6) is -0.147. The zero-order valence-electron chi connectivity index (χ0n) is 12.3. The van der Waals surface area contributed by atoms with Crippen LogP contribution in [0.2, 0.25) is 0 Å². The summed E-state index contributed by atoms with van der Waals surface area (Å²) >= 11 is 0. The fraction of sp³-hybridized carbons (Fsp3) is 0.118. The molecule has 0 radical (unpaired) electrons. The van der Waals surface area contributed by atoms with Crippen LogP contribution in [-0.2, 0) is 6.54 Å². The lowest BCUT2D eigenvalue weighted by molar-refractivity contribution is 0.0779. The van der Waals surface area contributed by atoms with Gasteiger partial charge in [-0.2, -0.15) is 9.90 Å². The first-order valence-electron chi connectivity index (χ1n) is 7.01. The molecule has 2 aromatic carbocycles. The Morgan fingerprint density at radius 1 is 1.05 bits per heavy atom. The van der Waals surface area contributed by atoms with E-state index >= 15 is 0 Å². The molecule has 0 spiro atoms. The van der Waals surface area contributed by atoms with Crippen LogP contribution in [0.5, 0.6) is 0 Å². The molecule has 5 heteroatoms. The van der Waals surface area contributed by atoms with Crippen molar-refractivity contribution in [3.05, 3.63) is 78.1 Å². The Kier molecular flexibility index (Phi) is 3.96. The summed E-state index contributed by atoms with van der Waals surface area (Å²) in [5.41, 5.74) is 2.24. The second-order valence-corrected chi connectivity index (χ2v) is 5.00. The van der Waals surface area contributed by atoms with E-state index in [1.165, 1.54) is 11.0 Å². The summed E-state index contributed by atoms with van der Waals surface area (Å²) in [6.07, 6.45) is 1.50. The number of carbonyl (C=O) groups is 1. The van der Waals surface area contributed by atoms with Crippen LogP contribution in [0.1, 0.15) is 16.1 Å². The van der Waals surface area contributed by atoms with Gasteiger partial charge < -0.3 is 4.90 Å². The Labute approximate surface area is 128 Å². The second-order valence-electron chi connectivity index (χ2n) is 5.00. The molecule has 0 saturated heterocycles. The van der Waals surface area contributed by atoms with Gasteiger partial charge in [0.05, 0.1) is 11.9 Å². The zero-order valence-corrected chi connectivity index (χ0v) is 12.3. The molecule has 1 amide bonds. The number of aromatic nitrogens is 3. The van der Waals surface area contributed by atoms with E-state index in [0.717, 1.165) is 11.3 Å². The predicted molar refractivity (Wildman–Crippen MR) is 83.6 cm³/mol. The van der Waals surface area contributed by atoms with Crippen molar-refractivity contribution >= 4 is 5.91 Å². The highest BCUT2D eigenvalue weighted by molar-refractivity contribution is 5.91. The molecule has 3 aromatic rings. The van der Waals surface area contributed by atoms with Gasteiger partial charge in [0.1, 0.15) is 0 Å². The quantitative estimate of drug-likeness (QED) is 0.742. The van der Waals surface area contributed by atoms with Crippen LogP contribution in [0.3, 0.4) is 0 Å². The molecular formula is C17H16N4O. The Bertz CT molecular complexity index is 753. The molecule has 0 bridgehead atoms. The number of para-hydroxylation sites is 1. The molecule has 5 nitrogen and oxygen atoms in total. The SMILES string of the molecule is CN(Cc1ccccc1)C(=O)c1cnn(-c2ccccc2)n1. The summed E-state index contributed by atoms with van der Waals surface area (Å²) in [6.45, 7) is 0.540. The number of benzene rings is 2. The largest absolute Gasteiger partial charge is 0.336 e. The summed E-state index contributed by atoms with van der Waals surface area (Å²) < 4.78 is 0. The van der Waals surface area contributed by atoms with Crippen LogP contribution in [-0.4, -0.2) is 32.8 Å². The van der Waals surface area contributed by atoms with Gasteiger partial charge in [-0.3, -0.25) is 4.79 Å². The third kappa shape index (κ3) is 3.03. The Morgan fingerprint density at radius 2 is 1.68 bits per heavy atom. The molecule has 1 heterocycles. The highest BCUT2D eigenvalue weighted by Gasteiger charge is 2.16. The molecule has 0 aliphatic heterocycles. The maximum absolute atomic E-state index is 12.4. The van der Waals surface area contributed by atoms with Crippen molar-refractivity contribution in [2.45, 2.75) is 6.54 Å². The molecule has 0 unspecified atom stereocenters. The van der Waals surface area contributed by atoms with Crippen molar-refractivity contribution in [1.29, 1.82) is 0 Å². The number of hydrogen-bond donors (Lipinski definition) is 0. The molecule has 110 valence electrons. The topological polar surface area (TPSA) is 51.0 Å². The average molecular weight is 292 g/mol. The Hall–Kier alpha value is -2.95. The van der Waals surface area contributed by atoms with Crippen LogP contribution in [0.25, 0.3) is 5.69 Å². The van der Waals surface area contributed by atoms with E-state index in [1.54, 1.807) is 11.9 Å². The van der Waals surface area contributed by atoms with Crippen LogP contribution < -0.4 is 0 Å². The summed E-state index contributed by atoms with van der Waals surface area (Å²) in [6, 6.07) is 19.4. The van der Waals surface area contributed by atoms with Gasteiger partial charge in [-0.25, -0.2) is 0 Å². The van der Waals surface area contributed by atoms with Gasteiger partial charge >= 0.3 is 0 Å². The fourth-order valence-electron chi connectivity index (χ4n) is 2.17. The van der Waals surface area contributed by atoms with Crippen molar-refractivity contribution in [2.24, 2.45) is 0 Å². The van der Waals surface area contributed by atoms with E-state index in [9.17, 15) is 4.79 Å². The molecular weight excluding hydrogens is 276 g/mol. The van der Waals surface area contributed by atoms with E-state index in [2.05, 4.69) is 10.2 Å². The maximum atomic E-state index is 12.4. The average Bonchev–Trinajstić information content (AvgIpc) is 3.06. The summed E-state index contributed by atoms with van der Waals surface area (Å²) in [7, 11) is 1.76. The van der Waals surface area contributed by atoms with Crippen molar-refractivity contribution < 1.29 is 4.79 Å². The number of amides is 1. The summed E-state index contributed by atoms with van der Waals surface area (Å²) in [4.78, 5) is 15.5. The number of hydrogen-bond acceptors (Lipinski definition) is 3. The minimum Gasteiger partial charge on any atom is -0.336 e. The highest BCUT2D eigenvalue weighted by atomic mass is 16.2. The highest BCUT2D eigenvalue weighted by Crippen LogP contribution is 2.08. The van der Waals surface area contributed by atoms with Crippen LogP contribution >= 0.6 is 0 Å². The minimum absolute atomic E-state index is 0.147. The third-order valence-electron chi connectivity index (χ3n) is 3.31. The van der Waals surface area contributed by atoms with Gasteiger partial charge in [0.25, 0.3) is 5.91 Å². The van der Waals surface area contributed by atoms with Gasteiger partial charge in [0.15, 0.2) is 5.69 Å².